The molecule has 2 amide bonds. The number of hydrogen-bond donors (Lipinski definition) is 2. The van der Waals surface area contributed by atoms with E-state index in [0.29, 0.717) is 24.9 Å². The largest absolute Gasteiger partial charge is 0.481 e. The molecule has 2 fully saturated rings. The molecule has 1 aliphatic carbocycles. The molecule has 0 bridgehead atoms. The highest BCUT2D eigenvalue weighted by Gasteiger charge is 2.35. The van der Waals surface area contributed by atoms with Crippen LogP contribution in [-0.2, 0) is 4.79 Å². The minimum atomic E-state index is -0.807. The number of rotatable bonds is 3. The normalized spacial score (nSPS) is 28.9. The summed E-state index contributed by atoms with van der Waals surface area (Å²) >= 11 is 0. The van der Waals surface area contributed by atoms with Crippen molar-refractivity contribution in [3.8, 4) is 0 Å². The SMILES string of the molecule is CC1CCCC1CNC(=O)N1CC(C(=O)O)C1. The van der Waals surface area contributed by atoms with Gasteiger partial charge in [0, 0.05) is 19.6 Å². The summed E-state index contributed by atoms with van der Waals surface area (Å²) in [4.78, 5) is 23.8. The van der Waals surface area contributed by atoms with Crippen molar-refractivity contribution in [1.82, 2.24) is 10.2 Å². The highest BCUT2D eigenvalue weighted by molar-refractivity contribution is 5.79. The molecular weight excluding hydrogens is 220 g/mol. The number of carbonyl (C=O) groups excluding carboxylic acids is 1. The molecule has 2 N–H and O–H groups in total. The molecule has 1 saturated heterocycles. The third-order valence-corrected chi connectivity index (χ3v) is 4.07. The molecule has 2 unspecified atom stereocenters. The van der Waals surface area contributed by atoms with Crippen molar-refractivity contribution < 1.29 is 14.7 Å². The first kappa shape index (κ1) is 12.2. The van der Waals surface area contributed by atoms with Crippen molar-refractivity contribution >= 4 is 12.0 Å². The maximum atomic E-state index is 11.7. The van der Waals surface area contributed by atoms with Crippen LogP contribution in [0.2, 0.25) is 0 Å². The van der Waals surface area contributed by atoms with Gasteiger partial charge < -0.3 is 15.3 Å². The van der Waals surface area contributed by atoms with Crippen LogP contribution < -0.4 is 5.32 Å². The summed E-state index contributed by atoms with van der Waals surface area (Å²) in [6, 6.07) is -0.110. The van der Waals surface area contributed by atoms with E-state index in [0.717, 1.165) is 6.54 Å². The lowest BCUT2D eigenvalue weighted by molar-refractivity contribution is -0.146. The van der Waals surface area contributed by atoms with Gasteiger partial charge in [0.1, 0.15) is 0 Å². The first-order valence-corrected chi connectivity index (χ1v) is 6.33. The molecule has 17 heavy (non-hydrogen) atoms. The average molecular weight is 240 g/mol. The van der Waals surface area contributed by atoms with Gasteiger partial charge in [-0.1, -0.05) is 19.8 Å². The second-order valence-corrected chi connectivity index (χ2v) is 5.29. The summed E-state index contributed by atoms with van der Waals surface area (Å²) in [6.07, 6.45) is 3.71. The molecule has 96 valence electrons. The van der Waals surface area contributed by atoms with Gasteiger partial charge in [0.15, 0.2) is 0 Å². The Morgan fingerprint density at radius 2 is 2.06 bits per heavy atom. The van der Waals surface area contributed by atoms with E-state index in [1.807, 2.05) is 0 Å². The van der Waals surface area contributed by atoms with Crippen LogP contribution in [-0.4, -0.2) is 41.6 Å². The zero-order chi connectivity index (χ0) is 12.4. The molecule has 1 saturated carbocycles. The van der Waals surface area contributed by atoms with Crippen LogP contribution in [0, 0.1) is 17.8 Å². The standard InChI is InChI=1S/C12H20N2O3/c1-8-3-2-4-9(8)5-13-12(17)14-6-10(7-14)11(15)16/h8-10H,2-7H2,1H3,(H,13,17)(H,15,16). The second-order valence-electron chi connectivity index (χ2n) is 5.29. The van der Waals surface area contributed by atoms with Crippen molar-refractivity contribution in [3.63, 3.8) is 0 Å². The first-order valence-electron chi connectivity index (χ1n) is 6.33. The number of hydrogen-bond acceptors (Lipinski definition) is 2. The molecule has 0 spiro atoms. The lowest BCUT2D eigenvalue weighted by atomic mass is 9.98. The van der Waals surface area contributed by atoms with Crippen LogP contribution in [0.25, 0.3) is 0 Å². The van der Waals surface area contributed by atoms with Crippen LogP contribution in [0.3, 0.4) is 0 Å². The van der Waals surface area contributed by atoms with Crippen LogP contribution in [0.5, 0.6) is 0 Å². The van der Waals surface area contributed by atoms with Gasteiger partial charge in [0.2, 0.25) is 0 Å². The van der Waals surface area contributed by atoms with E-state index in [4.69, 9.17) is 5.11 Å². The van der Waals surface area contributed by atoms with Crippen molar-refractivity contribution in [3.05, 3.63) is 0 Å². The average Bonchev–Trinajstić information content (AvgIpc) is 2.58. The van der Waals surface area contributed by atoms with Crippen molar-refractivity contribution in [1.29, 1.82) is 0 Å². The molecule has 0 aromatic carbocycles. The van der Waals surface area contributed by atoms with Gasteiger partial charge in [-0.05, 0) is 18.3 Å². The Hall–Kier alpha value is -1.26. The number of nitrogens with zero attached hydrogens (tertiary/aromatic N) is 1. The third-order valence-electron chi connectivity index (χ3n) is 4.07. The molecule has 1 heterocycles. The summed E-state index contributed by atoms with van der Waals surface area (Å²) in [5.41, 5.74) is 0. The van der Waals surface area contributed by atoms with Crippen molar-refractivity contribution in [2.24, 2.45) is 17.8 Å². The third kappa shape index (κ3) is 2.70. The monoisotopic (exact) mass is 240 g/mol. The summed E-state index contributed by atoms with van der Waals surface area (Å²) < 4.78 is 0. The van der Waals surface area contributed by atoms with Crippen molar-refractivity contribution in [2.45, 2.75) is 26.2 Å². The minimum absolute atomic E-state index is 0.110. The smallest absolute Gasteiger partial charge is 0.317 e. The Balaban J connectivity index is 1.67. The Bertz CT molecular complexity index is 313. The molecule has 0 aromatic rings. The van der Waals surface area contributed by atoms with Crippen LogP contribution in [0.4, 0.5) is 4.79 Å². The second kappa shape index (κ2) is 4.94. The van der Waals surface area contributed by atoms with Crippen LogP contribution in [0.1, 0.15) is 26.2 Å². The zero-order valence-corrected chi connectivity index (χ0v) is 10.2. The van der Waals surface area contributed by atoms with Crippen LogP contribution in [0.15, 0.2) is 0 Å². The number of amides is 2. The van der Waals surface area contributed by atoms with Gasteiger partial charge in [-0.25, -0.2) is 4.79 Å². The Morgan fingerprint density at radius 1 is 1.35 bits per heavy atom. The van der Waals surface area contributed by atoms with Crippen molar-refractivity contribution in [2.75, 3.05) is 19.6 Å². The number of nitrogens with one attached hydrogen (secondary N) is 1. The number of likely N-dealkylation sites (tertiary alicyclic amines) is 1. The van der Waals surface area contributed by atoms with Gasteiger partial charge in [0.25, 0.3) is 0 Å². The first-order chi connectivity index (χ1) is 8.08. The summed E-state index contributed by atoms with van der Waals surface area (Å²) in [5.74, 6) is 0.110. The topological polar surface area (TPSA) is 69.6 Å². The van der Waals surface area contributed by atoms with E-state index in [1.165, 1.54) is 19.3 Å². The number of carboxylic acids is 1. The molecule has 5 nitrogen and oxygen atoms in total. The molecular formula is C12H20N2O3. The number of carboxylic acid groups (broad SMARTS) is 1. The predicted octanol–water partition coefficient (Wildman–Crippen LogP) is 1.15. The Labute approximate surface area is 101 Å². The lowest BCUT2D eigenvalue weighted by Gasteiger charge is -2.36. The van der Waals surface area contributed by atoms with E-state index in [-0.39, 0.29) is 11.9 Å². The number of carbonyl (C=O) groups is 2. The van der Waals surface area contributed by atoms with E-state index in [2.05, 4.69) is 12.2 Å². The molecule has 0 aromatic heterocycles. The molecule has 1 aliphatic heterocycles. The van der Waals surface area contributed by atoms with Gasteiger partial charge >= 0.3 is 12.0 Å². The summed E-state index contributed by atoms with van der Waals surface area (Å²) in [6.45, 7) is 3.66. The fraction of sp³-hybridized carbons (Fsp3) is 0.833. The fourth-order valence-corrected chi connectivity index (χ4v) is 2.66. The van der Waals surface area contributed by atoms with Gasteiger partial charge in [-0.3, -0.25) is 4.79 Å². The Kier molecular flexibility index (Phi) is 3.54. The number of urea groups is 1. The molecule has 0 radical (unpaired) electrons. The summed E-state index contributed by atoms with van der Waals surface area (Å²) in [7, 11) is 0. The molecule has 2 rings (SSSR count). The maximum Gasteiger partial charge on any atom is 0.317 e. The van der Waals surface area contributed by atoms with E-state index >= 15 is 0 Å². The van der Waals surface area contributed by atoms with Gasteiger partial charge in [-0.2, -0.15) is 0 Å². The molecule has 2 aliphatic rings. The van der Waals surface area contributed by atoms with Crippen LogP contribution >= 0.6 is 0 Å². The fourth-order valence-electron chi connectivity index (χ4n) is 2.66. The maximum absolute atomic E-state index is 11.7. The highest BCUT2D eigenvalue weighted by atomic mass is 16.4. The molecule has 5 heteroatoms. The van der Waals surface area contributed by atoms with Gasteiger partial charge in [-0.15, -0.1) is 0 Å². The quantitative estimate of drug-likeness (QED) is 0.777. The van der Waals surface area contributed by atoms with Gasteiger partial charge in [0.05, 0.1) is 5.92 Å². The lowest BCUT2D eigenvalue weighted by Crippen LogP contribution is -2.56. The zero-order valence-electron chi connectivity index (χ0n) is 10.2. The highest BCUT2D eigenvalue weighted by Crippen LogP contribution is 2.30. The predicted molar refractivity (Wildman–Crippen MR) is 62.6 cm³/mol. The minimum Gasteiger partial charge on any atom is -0.481 e. The summed E-state index contributed by atoms with van der Waals surface area (Å²) in [5, 5.41) is 11.6. The van der Waals surface area contributed by atoms with E-state index in [9.17, 15) is 9.59 Å². The van der Waals surface area contributed by atoms with E-state index in [1.54, 1.807) is 4.90 Å². The number of aliphatic carboxylic acids is 1. The van der Waals surface area contributed by atoms with E-state index < -0.39 is 5.97 Å². The Morgan fingerprint density at radius 3 is 2.59 bits per heavy atom. The molecule has 2 atom stereocenters.